The molecule has 0 bridgehead atoms. The minimum absolute atomic E-state index is 0. The van der Waals surface area contributed by atoms with Crippen molar-refractivity contribution in [1.82, 2.24) is 30.6 Å². The van der Waals surface area contributed by atoms with E-state index in [4.69, 9.17) is 0 Å². The van der Waals surface area contributed by atoms with Gasteiger partial charge in [0.15, 0.2) is 11.5 Å². The van der Waals surface area contributed by atoms with Gasteiger partial charge >= 0.3 is 0 Å². The van der Waals surface area contributed by atoms with E-state index in [0.717, 1.165) is 18.6 Å². The molecule has 0 aliphatic carbocycles. The Hall–Kier alpha value is -1.64. The number of hydrogen-bond donors (Lipinski definition) is 3. The molecule has 0 saturated heterocycles. The number of aromatic nitrogens is 4. The zero-order chi connectivity index (χ0) is 14.4. The molecular weight excluding hydrogens is 329 g/mol. The second-order valence-corrected chi connectivity index (χ2v) is 4.36. The molecule has 1 amide bonds. The average molecular weight is 350 g/mol. The van der Waals surface area contributed by atoms with Crippen LogP contribution >= 0.6 is 24.8 Å². The van der Waals surface area contributed by atoms with E-state index in [1.54, 1.807) is 11.2 Å². The van der Waals surface area contributed by atoms with Gasteiger partial charge in [-0.1, -0.05) is 6.92 Å². The van der Waals surface area contributed by atoms with Gasteiger partial charge in [0, 0.05) is 20.1 Å². The van der Waals surface area contributed by atoms with E-state index in [1.165, 1.54) is 6.33 Å². The number of anilines is 1. The summed E-state index contributed by atoms with van der Waals surface area (Å²) in [6.07, 6.45) is 3.01. The van der Waals surface area contributed by atoms with Gasteiger partial charge in [0.05, 0.1) is 12.9 Å². The van der Waals surface area contributed by atoms with Gasteiger partial charge in [0.2, 0.25) is 5.91 Å². The summed E-state index contributed by atoms with van der Waals surface area (Å²) in [6.45, 7) is 4.54. The second kappa shape index (κ2) is 10.1. The van der Waals surface area contributed by atoms with Crippen LogP contribution in [-0.2, 0) is 4.79 Å². The first-order valence-electron chi connectivity index (χ1n) is 6.55. The molecule has 2 rings (SSSR count). The van der Waals surface area contributed by atoms with Crippen LogP contribution in [0.5, 0.6) is 0 Å². The van der Waals surface area contributed by atoms with Crippen molar-refractivity contribution in [1.29, 1.82) is 0 Å². The van der Waals surface area contributed by atoms with Crippen LogP contribution in [0, 0.1) is 0 Å². The molecule has 22 heavy (non-hydrogen) atoms. The van der Waals surface area contributed by atoms with Gasteiger partial charge in [0.1, 0.15) is 11.8 Å². The SMILES string of the molecule is CCNCCNC(=O)CN(C)c1ncnc2nc[nH]c12.Cl.Cl. The van der Waals surface area contributed by atoms with Crippen LogP contribution in [-0.4, -0.2) is 59.1 Å². The molecule has 124 valence electrons. The second-order valence-electron chi connectivity index (χ2n) is 4.36. The maximum atomic E-state index is 11.8. The summed E-state index contributed by atoms with van der Waals surface area (Å²) < 4.78 is 0. The van der Waals surface area contributed by atoms with Gasteiger partial charge < -0.3 is 20.5 Å². The molecule has 0 unspecified atom stereocenters. The lowest BCUT2D eigenvalue weighted by Gasteiger charge is -2.17. The van der Waals surface area contributed by atoms with Crippen LogP contribution in [0.25, 0.3) is 11.2 Å². The Morgan fingerprint density at radius 1 is 1.27 bits per heavy atom. The smallest absolute Gasteiger partial charge is 0.239 e. The standard InChI is InChI=1S/C12H19N7O.2ClH/c1-3-13-4-5-14-9(20)6-19(2)12-10-11(16-7-15-10)17-8-18-12;;/h7-8,13H,3-6H2,1-2H3,(H,14,20)(H,15,16,17,18);2*1H. The van der Waals surface area contributed by atoms with E-state index in [-0.39, 0.29) is 37.3 Å². The molecule has 3 N–H and O–H groups in total. The Morgan fingerprint density at radius 2 is 2.05 bits per heavy atom. The van der Waals surface area contributed by atoms with E-state index in [0.29, 0.717) is 18.0 Å². The highest BCUT2D eigenvalue weighted by Crippen LogP contribution is 2.17. The number of likely N-dealkylation sites (N-methyl/N-ethyl adjacent to an activating group) is 2. The lowest BCUT2D eigenvalue weighted by molar-refractivity contribution is -0.119. The van der Waals surface area contributed by atoms with E-state index in [1.807, 2.05) is 14.0 Å². The van der Waals surface area contributed by atoms with Crippen molar-refractivity contribution >= 4 is 47.7 Å². The van der Waals surface area contributed by atoms with Gasteiger partial charge in [0.25, 0.3) is 0 Å². The van der Waals surface area contributed by atoms with E-state index in [9.17, 15) is 4.79 Å². The number of hydrogen-bond acceptors (Lipinski definition) is 6. The van der Waals surface area contributed by atoms with Crippen LogP contribution in [0.15, 0.2) is 12.7 Å². The summed E-state index contributed by atoms with van der Waals surface area (Å²) in [5.74, 6) is 0.617. The summed E-state index contributed by atoms with van der Waals surface area (Å²) in [5, 5.41) is 5.99. The van der Waals surface area contributed by atoms with E-state index in [2.05, 4.69) is 30.6 Å². The minimum atomic E-state index is -0.0447. The Balaban J connectivity index is 0.00000220. The maximum Gasteiger partial charge on any atom is 0.239 e. The molecule has 0 aliphatic rings. The number of H-pyrrole nitrogens is 1. The maximum absolute atomic E-state index is 11.8. The number of carbonyl (C=O) groups is 1. The summed E-state index contributed by atoms with van der Waals surface area (Å²) in [6, 6.07) is 0. The van der Waals surface area contributed by atoms with Gasteiger partial charge in [-0.2, -0.15) is 0 Å². The molecule has 0 spiro atoms. The van der Waals surface area contributed by atoms with Crippen molar-refractivity contribution in [3.63, 3.8) is 0 Å². The topological polar surface area (TPSA) is 98.8 Å². The van der Waals surface area contributed by atoms with E-state index >= 15 is 0 Å². The van der Waals surface area contributed by atoms with Crippen molar-refractivity contribution in [2.75, 3.05) is 38.1 Å². The summed E-state index contributed by atoms with van der Waals surface area (Å²) in [4.78, 5) is 28.9. The molecule has 0 fully saturated rings. The van der Waals surface area contributed by atoms with Gasteiger partial charge in [-0.15, -0.1) is 24.8 Å². The Morgan fingerprint density at radius 3 is 2.77 bits per heavy atom. The Kier molecular flexibility index (Phi) is 9.39. The number of nitrogens with zero attached hydrogens (tertiary/aromatic N) is 4. The highest BCUT2D eigenvalue weighted by molar-refractivity contribution is 5.87. The summed E-state index contributed by atoms with van der Waals surface area (Å²) in [7, 11) is 1.81. The molecule has 8 nitrogen and oxygen atoms in total. The lowest BCUT2D eigenvalue weighted by atomic mass is 10.4. The van der Waals surface area contributed by atoms with Crippen molar-refractivity contribution in [2.24, 2.45) is 0 Å². The zero-order valence-corrected chi connectivity index (χ0v) is 14.1. The first-order chi connectivity index (χ1) is 9.72. The highest BCUT2D eigenvalue weighted by Gasteiger charge is 2.13. The van der Waals surface area contributed by atoms with E-state index < -0.39 is 0 Å². The molecule has 0 atom stereocenters. The van der Waals surface area contributed by atoms with Crippen molar-refractivity contribution in [3.05, 3.63) is 12.7 Å². The first-order valence-corrected chi connectivity index (χ1v) is 6.55. The summed E-state index contributed by atoms with van der Waals surface area (Å²) in [5.41, 5.74) is 1.32. The van der Waals surface area contributed by atoms with Crippen LogP contribution < -0.4 is 15.5 Å². The number of halogens is 2. The van der Waals surface area contributed by atoms with Crippen LogP contribution in [0.3, 0.4) is 0 Å². The molecule has 10 heteroatoms. The number of carbonyl (C=O) groups excluding carboxylic acids is 1. The van der Waals surface area contributed by atoms with Gasteiger partial charge in [-0.05, 0) is 6.54 Å². The molecule has 2 aromatic rings. The molecule has 0 saturated carbocycles. The highest BCUT2D eigenvalue weighted by atomic mass is 35.5. The molecule has 0 aromatic carbocycles. The number of imidazole rings is 1. The van der Waals surface area contributed by atoms with Crippen LogP contribution in [0.1, 0.15) is 6.92 Å². The largest absolute Gasteiger partial charge is 0.353 e. The fourth-order valence-electron chi connectivity index (χ4n) is 1.85. The number of nitrogens with one attached hydrogen (secondary N) is 3. The molecular formula is C12H21Cl2N7O. The normalized spacial score (nSPS) is 9.73. The minimum Gasteiger partial charge on any atom is -0.353 e. The molecule has 2 heterocycles. The van der Waals surface area contributed by atoms with Crippen molar-refractivity contribution in [2.45, 2.75) is 6.92 Å². The third kappa shape index (κ3) is 5.28. The van der Waals surface area contributed by atoms with Crippen LogP contribution in [0.4, 0.5) is 5.82 Å². The lowest BCUT2D eigenvalue weighted by Crippen LogP contribution is -2.38. The predicted octanol–water partition coefficient (Wildman–Crippen LogP) is 0.358. The van der Waals surface area contributed by atoms with Crippen molar-refractivity contribution in [3.8, 4) is 0 Å². The summed E-state index contributed by atoms with van der Waals surface area (Å²) >= 11 is 0. The Bertz CT molecular complexity index is 577. The van der Waals surface area contributed by atoms with Crippen molar-refractivity contribution < 1.29 is 4.79 Å². The monoisotopic (exact) mass is 349 g/mol. The van der Waals surface area contributed by atoms with Gasteiger partial charge in [-0.25, -0.2) is 15.0 Å². The predicted molar refractivity (Wildman–Crippen MR) is 91.0 cm³/mol. The fourth-order valence-corrected chi connectivity index (χ4v) is 1.85. The van der Waals surface area contributed by atoms with Crippen LogP contribution in [0.2, 0.25) is 0 Å². The quantitative estimate of drug-likeness (QED) is 0.624. The number of aromatic amines is 1. The third-order valence-corrected chi connectivity index (χ3v) is 2.82. The molecule has 0 aliphatic heterocycles. The Labute approximate surface area is 141 Å². The third-order valence-electron chi connectivity index (χ3n) is 2.82. The number of fused-ring (bicyclic) bond motifs is 1. The number of amides is 1. The number of rotatable bonds is 7. The van der Waals surface area contributed by atoms with Gasteiger partial charge in [-0.3, -0.25) is 4.79 Å². The average Bonchev–Trinajstić information content (AvgIpc) is 2.91. The molecule has 2 aromatic heterocycles. The fraction of sp³-hybridized carbons (Fsp3) is 0.500. The first kappa shape index (κ1) is 20.4. The zero-order valence-electron chi connectivity index (χ0n) is 12.5. The molecule has 0 radical (unpaired) electrons.